The van der Waals surface area contributed by atoms with Gasteiger partial charge in [-0.05, 0) is 25.3 Å². The SMILES string of the molecule is COC(=O)CN(C(=O)C(C)c1ccccc1)C1CCCC1. The van der Waals surface area contributed by atoms with Crippen molar-refractivity contribution in [3.8, 4) is 0 Å². The standard InChI is InChI=1S/C17H23NO3/c1-13(14-8-4-3-5-9-14)17(20)18(12-16(19)21-2)15-10-6-7-11-15/h3-5,8-9,13,15H,6-7,10-12H2,1-2H3. The van der Waals surface area contributed by atoms with Crippen molar-refractivity contribution in [1.29, 1.82) is 0 Å². The number of amides is 1. The molecule has 0 heterocycles. The molecular formula is C17H23NO3. The molecule has 4 nitrogen and oxygen atoms in total. The maximum absolute atomic E-state index is 12.8. The van der Waals surface area contributed by atoms with Crippen LogP contribution in [0.4, 0.5) is 0 Å². The van der Waals surface area contributed by atoms with E-state index in [1.54, 1.807) is 4.90 Å². The van der Waals surface area contributed by atoms with Crippen LogP contribution in [0.3, 0.4) is 0 Å². The molecule has 1 saturated carbocycles. The van der Waals surface area contributed by atoms with Gasteiger partial charge in [0.1, 0.15) is 6.54 Å². The van der Waals surface area contributed by atoms with Crippen LogP contribution >= 0.6 is 0 Å². The second kappa shape index (κ2) is 7.25. The van der Waals surface area contributed by atoms with E-state index in [0.29, 0.717) is 0 Å². The highest BCUT2D eigenvalue weighted by Crippen LogP contribution is 2.27. The van der Waals surface area contributed by atoms with Gasteiger partial charge in [-0.1, -0.05) is 43.2 Å². The molecule has 0 aliphatic heterocycles. The van der Waals surface area contributed by atoms with Gasteiger partial charge in [0.15, 0.2) is 0 Å². The van der Waals surface area contributed by atoms with Crippen LogP contribution in [0.25, 0.3) is 0 Å². The number of hydrogen-bond donors (Lipinski definition) is 0. The minimum Gasteiger partial charge on any atom is -0.468 e. The highest BCUT2D eigenvalue weighted by Gasteiger charge is 2.31. The van der Waals surface area contributed by atoms with Crippen LogP contribution < -0.4 is 0 Å². The van der Waals surface area contributed by atoms with Crippen LogP contribution in [0.5, 0.6) is 0 Å². The molecule has 1 aromatic rings. The lowest BCUT2D eigenvalue weighted by molar-refractivity contribution is -0.149. The Kier molecular flexibility index (Phi) is 5.37. The van der Waals surface area contributed by atoms with E-state index in [2.05, 4.69) is 0 Å². The van der Waals surface area contributed by atoms with E-state index < -0.39 is 0 Å². The number of benzene rings is 1. The molecule has 0 radical (unpaired) electrons. The molecule has 4 heteroatoms. The number of hydrogen-bond acceptors (Lipinski definition) is 3. The molecule has 1 aliphatic rings. The number of rotatable bonds is 5. The molecule has 0 bridgehead atoms. The number of ether oxygens (including phenoxy) is 1. The second-order valence-corrected chi connectivity index (χ2v) is 5.61. The largest absolute Gasteiger partial charge is 0.468 e. The predicted octanol–water partition coefficient (Wildman–Crippen LogP) is 2.73. The van der Waals surface area contributed by atoms with Crippen LogP contribution in [0.2, 0.25) is 0 Å². The van der Waals surface area contributed by atoms with Crippen LogP contribution in [0.15, 0.2) is 30.3 Å². The van der Waals surface area contributed by atoms with E-state index in [9.17, 15) is 9.59 Å². The van der Waals surface area contributed by atoms with Crippen molar-refractivity contribution in [1.82, 2.24) is 4.90 Å². The van der Waals surface area contributed by atoms with Crippen LogP contribution in [0.1, 0.15) is 44.1 Å². The Morgan fingerprint density at radius 1 is 1.24 bits per heavy atom. The lowest BCUT2D eigenvalue weighted by Gasteiger charge is -2.30. The van der Waals surface area contributed by atoms with Crippen molar-refractivity contribution in [2.45, 2.75) is 44.6 Å². The Bertz CT molecular complexity index is 480. The molecular weight excluding hydrogens is 266 g/mol. The summed E-state index contributed by atoms with van der Waals surface area (Å²) in [7, 11) is 1.36. The normalized spacial score (nSPS) is 16.5. The molecule has 2 rings (SSSR count). The van der Waals surface area contributed by atoms with E-state index in [1.165, 1.54) is 7.11 Å². The van der Waals surface area contributed by atoms with Gasteiger partial charge in [-0.2, -0.15) is 0 Å². The van der Waals surface area contributed by atoms with Crippen molar-refractivity contribution in [3.63, 3.8) is 0 Å². The lowest BCUT2D eigenvalue weighted by atomic mass is 9.98. The van der Waals surface area contributed by atoms with Gasteiger partial charge in [-0.25, -0.2) is 0 Å². The summed E-state index contributed by atoms with van der Waals surface area (Å²) in [5.74, 6) is -0.578. The van der Waals surface area contributed by atoms with Gasteiger partial charge in [0, 0.05) is 6.04 Å². The molecule has 0 saturated heterocycles. The first-order valence-corrected chi connectivity index (χ1v) is 7.55. The first kappa shape index (κ1) is 15.5. The second-order valence-electron chi connectivity index (χ2n) is 5.61. The van der Waals surface area contributed by atoms with Gasteiger partial charge in [0.2, 0.25) is 5.91 Å². The minimum atomic E-state index is -0.351. The summed E-state index contributed by atoms with van der Waals surface area (Å²) >= 11 is 0. The van der Waals surface area contributed by atoms with E-state index >= 15 is 0 Å². The van der Waals surface area contributed by atoms with Crippen molar-refractivity contribution in [2.75, 3.05) is 13.7 Å². The average Bonchev–Trinajstić information content (AvgIpc) is 3.06. The number of nitrogens with zero attached hydrogens (tertiary/aromatic N) is 1. The van der Waals surface area contributed by atoms with Crippen LogP contribution in [-0.4, -0.2) is 36.5 Å². The molecule has 1 amide bonds. The number of carbonyl (C=O) groups is 2. The molecule has 0 N–H and O–H groups in total. The highest BCUT2D eigenvalue weighted by molar-refractivity contribution is 5.87. The molecule has 1 aliphatic carbocycles. The zero-order valence-electron chi connectivity index (χ0n) is 12.7. The third-order valence-electron chi connectivity index (χ3n) is 4.25. The molecule has 1 atom stereocenters. The number of carbonyl (C=O) groups excluding carboxylic acids is 2. The van der Waals surface area contributed by atoms with Crippen LogP contribution in [0, 0.1) is 0 Å². The Hall–Kier alpha value is -1.84. The van der Waals surface area contributed by atoms with Gasteiger partial charge < -0.3 is 9.64 Å². The van der Waals surface area contributed by atoms with E-state index in [-0.39, 0.29) is 30.4 Å². The first-order valence-electron chi connectivity index (χ1n) is 7.55. The number of methoxy groups -OCH3 is 1. The zero-order valence-corrected chi connectivity index (χ0v) is 12.7. The summed E-state index contributed by atoms with van der Waals surface area (Å²) in [6.45, 7) is 1.95. The molecule has 1 fully saturated rings. The van der Waals surface area contributed by atoms with Crippen molar-refractivity contribution < 1.29 is 14.3 Å². The van der Waals surface area contributed by atoms with E-state index in [1.807, 2.05) is 37.3 Å². The van der Waals surface area contributed by atoms with Gasteiger partial charge in [-0.15, -0.1) is 0 Å². The fourth-order valence-electron chi connectivity index (χ4n) is 2.94. The molecule has 1 unspecified atom stereocenters. The maximum Gasteiger partial charge on any atom is 0.325 e. The summed E-state index contributed by atoms with van der Waals surface area (Å²) in [5.41, 5.74) is 0.982. The molecule has 0 aromatic heterocycles. The maximum atomic E-state index is 12.8. The lowest BCUT2D eigenvalue weighted by Crippen LogP contribution is -2.44. The molecule has 0 spiro atoms. The average molecular weight is 289 g/mol. The summed E-state index contributed by atoms with van der Waals surface area (Å²) in [6.07, 6.45) is 4.19. The number of esters is 1. The molecule has 1 aromatic carbocycles. The van der Waals surface area contributed by atoms with Crippen molar-refractivity contribution >= 4 is 11.9 Å². The minimum absolute atomic E-state index is 0.0125. The zero-order chi connectivity index (χ0) is 15.2. The Balaban J connectivity index is 2.14. The summed E-state index contributed by atoms with van der Waals surface area (Å²) in [4.78, 5) is 26.1. The van der Waals surface area contributed by atoms with Crippen molar-refractivity contribution in [3.05, 3.63) is 35.9 Å². The fourth-order valence-corrected chi connectivity index (χ4v) is 2.94. The van der Waals surface area contributed by atoms with E-state index in [4.69, 9.17) is 4.74 Å². The van der Waals surface area contributed by atoms with Gasteiger partial charge in [0.05, 0.1) is 13.0 Å². The fraction of sp³-hybridized carbons (Fsp3) is 0.529. The monoisotopic (exact) mass is 289 g/mol. The summed E-state index contributed by atoms with van der Waals surface area (Å²) in [6, 6.07) is 9.87. The predicted molar refractivity (Wildman–Crippen MR) is 80.8 cm³/mol. The third-order valence-corrected chi connectivity index (χ3v) is 4.25. The third kappa shape index (κ3) is 3.84. The summed E-state index contributed by atoms with van der Waals surface area (Å²) < 4.78 is 4.74. The first-order chi connectivity index (χ1) is 10.1. The highest BCUT2D eigenvalue weighted by atomic mass is 16.5. The van der Waals surface area contributed by atoms with Gasteiger partial charge >= 0.3 is 5.97 Å². The van der Waals surface area contributed by atoms with Crippen molar-refractivity contribution in [2.24, 2.45) is 0 Å². The summed E-state index contributed by atoms with van der Waals surface area (Å²) in [5, 5.41) is 0. The van der Waals surface area contributed by atoms with Crippen LogP contribution in [-0.2, 0) is 14.3 Å². The van der Waals surface area contributed by atoms with Gasteiger partial charge in [0.25, 0.3) is 0 Å². The Morgan fingerprint density at radius 2 is 1.86 bits per heavy atom. The Labute approximate surface area is 126 Å². The molecule has 114 valence electrons. The molecule has 21 heavy (non-hydrogen) atoms. The Morgan fingerprint density at radius 3 is 2.43 bits per heavy atom. The smallest absolute Gasteiger partial charge is 0.325 e. The van der Waals surface area contributed by atoms with Gasteiger partial charge in [-0.3, -0.25) is 9.59 Å². The quantitative estimate of drug-likeness (QED) is 0.783. The topological polar surface area (TPSA) is 46.6 Å². The van der Waals surface area contributed by atoms with E-state index in [0.717, 1.165) is 31.2 Å².